The summed E-state index contributed by atoms with van der Waals surface area (Å²) >= 11 is 0. The Balaban J connectivity index is 1.29. The van der Waals surface area contributed by atoms with Crippen molar-refractivity contribution in [2.24, 2.45) is 0 Å². The molecule has 2 aromatic carbocycles. The minimum atomic E-state index is -5.54. The number of phenolic OH excluding ortho intramolecular Hbond substituents is 1. The van der Waals surface area contributed by atoms with Crippen LogP contribution in [0.15, 0.2) is 94.4 Å². The largest absolute Gasteiger partial charge is 0.508 e. The number of phenols is 1. The van der Waals surface area contributed by atoms with E-state index in [2.05, 4.69) is 5.32 Å². The number of carboxylic acid groups (broad SMARTS) is 2. The van der Waals surface area contributed by atoms with Gasteiger partial charge in [0.05, 0.1) is 18.2 Å². The first-order valence-corrected chi connectivity index (χ1v) is 16.7. The van der Waals surface area contributed by atoms with E-state index in [1.54, 1.807) is 18.2 Å². The number of hydrogen-bond acceptors (Lipinski definition) is 9. The van der Waals surface area contributed by atoms with Gasteiger partial charge in [-0.25, -0.2) is 14.2 Å². The maximum absolute atomic E-state index is 13.4. The summed E-state index contributed by atoms with van der Waals surface area (Å²) < 4.78 is 20.6. The molecule has 6 rings (SSSR count). The van der Waals surface area contributed by atoms with Crippen molar-refractivity contribution in [1.82, 2.24) is 9.72 Å². The first-order valence-electron chi connectivity index (χ1n) is 15.1. The highest BCUT2D eigenvalue weighted by molar-refractivity contribution is 7.54. The third kappa shape index (κ3) is 6.57. The van der Waals surface area contributed by atoms with Crippen LogP contribution in [0.25, 0.3) is 39.1 Å². The number of aromatic hydroxyl groups is 1. The first-order chi connectivity index (χ1) is 24.1. The number of fused-ring (bicyclic) bond motifs is 3. The zero-order valence-corrected chi connectivity index (χ0v) is 27.1. The standard InChI is InChI=1S/C34H28N3O13P/c38-20-5-8-24-27(12-20)50-28-13-21(39)6-9-25(28)30(24)26-11-18(4-7-23(26)32(42)43)31(41)35-15-22(40)17-36-16-19(37-10-2-1-3-29(36)37)14-34(46,33(44)45)51(47,48)49/h1-13,16,22,40,46H,14-15,17H2,(H5-,35,38,39,41,42,43,44,45,47,48,49)/p+1. The molecule has 3 heterocycles. The minimum Gasteiger partial charge on any atom is -0.508 e. The summed E-state index contributed by atoms with van der Waals surface area (Å²) in [6.45, 7) is -0.497. The molecule has 2 aliphatic rings. The minimum absolute atomic E-state index is 0.0107. The molecule has 8 N–H and O–H groups in total. The molecule has 1 aliphatic carbocycles. The van der Waals surface area contributed by atoms with Crippen molar-refractivity contribution in [3.8, 4) is 28.2 Å². The third-order valence-corrected chi connectivity index (χ3v) is 9.68. The van der Waals surface area contributed by atoms with Crippen molar-refractivity contribution in [2.45, 2.75) is 24.4 Å². The summed E-state index contributed by atoms with van der Waals surface area (Å²) in [7, 11) is -5.54. The highest BCUT2D eigenvalue weighted by Gasteiger charge is 2.54. The zero-order chi connectivity index (χ0) is 36.8. The van der Waals surface area contributed by atoms with Crippen LogP contribution in [-0.4, -0.2) is 75.6 Å². The van der Waals surface area contributed by atoms with Crippen LogP contribution in [0.4, 0.5) is 0 Å². The summed E-state index contributed by atoms with van der Waals surface area (Å²) in [4.78, 5) is 68.7. The number of carbonyl (C=O) groups excluding carboxylic acids is 1. The highest BCUT2D eigenvalue weighted by Crippen LogP contribution is 2.50. The van der Waals surface area contributed by atoms with Gasteiger partial charge in [0.25, 0.3) is 16.9 Å². The second-order valence-electron chi connectivity index (χ2n) is 11.8. The van der Waals surface area contributed by atoms with Crippen molar-refractivity contribution in [3.05, 3.63) is 112 Å². The van der Waals surface area contributed by atoms with E-state index in [0.717, 1.165) is 0 Å². The molecule has 16 nitrogen and oxygen atoms in total. The van der Waals surface area contributed by atoms with Gasteiger partial charge in [-0.15, -0.1) is 0 Å². The fraction of sp³-hybridized carbons (Fsp3) is 0.147. The Hall–Kier alpha value is -5.90. The Bertz CT molecular complexity index is 2450. The fourth-order valence-electron chi connectivity index (χ4n) is 5.88. The van der Waals surface area contributed by atoms with Crippen LogP contribution in [0.1, 0.15) is 26.4 Å². The molecule has 0 spiro atoms. The van der Waals surface area contributed by atoms with Gasteiger partial charge >= 0.3 is 19.5 Å². The Morgan fingerprint density at radius 1 is 0.980 bits per heavy atom. The predicted molar refractivity (Wildman–Crippen MR) is 177 cm³/mol. The number of imidazole rings is 1. The first kappa shape index (κ1) is 34.9. The topological polar surface area (TPSA) is 260 Å². The average molecular weight is 719 g/mol. The average Bonchev–Trinajstić information content (AvgIpc) is 3.41. The number of nitrogens with zero attached hydrogens (tertiary/aromatic N) is 2. The maximum Gasteiger partial charge on any atom is 0.369 e. The Morgan fingerprint density at radius 3 is 2.45 bits per heavy atom. The van der Waals surface area contributed by atoms with Gasteiger partial charge in [0.1, 0.15) is 35.9 Å². The van der Waals surface area contributed by atoms with Crippen LogP contribution < -0.4 is 15.3 Å². The molecule has 0 saturated heterocycles. The van der Waals surface area contributed by atoms with Gasteiger partial charge in [-0.05, 0) is 54.1 Å². The van der Waals surface area contributed by atoms with E-state index in [1.165, 1.54) is 76.0 Å². The van der Waals surface area contributed by atoms with E-state index in [9.17, 15) is 59.1 Å². The van der Waals surface area contributed by atoms with Crippen molar-refractivity contribution in [3.63, 3.8) is 0 Å². The van der Waals surface area contributed by atoms with Gasteiger partial charge in [-0.3, -0.25) is 14.2 Å². The third-order valence-electron chi connectivity index (χ3n) is 8.36. The number of rotatable bonds is 11. The van der Waals surface area contributed by atoms with Crippen molar-refractivity contribution >= 4 is 42.1 Å². The van der Waals surface area contributed by atoms with Gasteiger partial charge in [0.2, 0.25) is 0 Å². The lowest BCUT2D eigenvalue weighted by molar-refractivity contribution is -0.678. The summed E-state index contributed by atoms with van der Waals surface area (Å²) in [5.41, 5.74) is 0.859. The number of hydrogen-bond donors (Lipinski definition) is 8. The number of aliphatic carboxylic acids is 1. The zero-order valence-electron chi connectivity index (χ0n) is 26.2. The number of aliphatic hydroxyl groups is 2. The lowest BCUT2D eigenvalue weighted by Crippen LogP contribution is -2.44. The Kier molecular flexibility index (Phi) is 8.97. The van der Waals surface area contributed by atoms with E-state index < -0.39 is 43.3 Å². The molecular weight excluding hydrogens is 689 g/mol. The normalized spacial score (nSPS) is 13.6. The smallest absolute Gasteiger partial charge is 0.369 e. The second-order valence-corrected chi connectivity index (χ2v) is 13.6. The number of aromatic nitrogens is 2. The van der Waals surface area contributed by atoms with Gasteiger partial charge < -0.3 is 45.1 Å². The molecule has 17 heteroatoms. The summed E-state index contributed by atoms with van der Waals surface area (Å²) in [5, 5.41) is 50.4. The molecule has 262 valence electrons. The van der Waals surface area contributed by atoms with E-state index in [-0.39, 0.29) is 58.0 Å². The van der Waals surface area contributed by atoms with E-state index in [0.29, 0.717) is 22.2 Å². The fourth-order valence-corrected chi connectivity index (χ4v) is 6.50. The van der Waals surface area contributed by atoms with Crippen LogP contribution >= 0.6 is 7.60 Å². The van der Waals surface area contributed by atoms with Crippen LogP contribution in [0.5, 0.6) is 5.75 Å². The molecule has 2 unspecified atom stereocenters. The number of nitrogens with one attached hydrogen (secondary N) is 1. The molecule has 0 fully saturated rings. The molecule has 0 saturated carbocycles. The lowest BCUT2D eigenvalue weighted by Gasteiger charge is -2.22. The maximum atomic E-state index is 13.4. The molecule has 1 amide bonds. The highest BCUT2D eigenvalue weighted by atomic mass is 31.2. The lowest BCUT2D eigenvalue weighted by atomic mass is 9.89. The van der Waals surface area contributed by atoms with E-state index in [1.807, 2.05) is 0 Å². The van der Waals surface area contributed by atoms with Gasteiger partial charge in [-0.2, -0.15) is 4.40 Å². The number of carboxylic acids is 2. The van der Waals surface area contributed by atoms with E-state index in [4.69, 9.17) is 4.42 Å². The Labute approximate surface area is 286 Å². The summed E-state index contributed by atoms with van der Waals surface area (Å²) in [6.07, 6.45) is 0.572. The van der Waals surface area contributed by atoms with E-state index >= 15 is 0 Å². The number of carbonyl (C=O) groups is 3. The number of pyridine rings is 1. The van der Waals surface area contributed by atoms with Crippen molar-refractivity contribution in [2.75, 3.05) is 6.54 Å². The van der Waals surface area contributed by atoms with Gasteiger partial charge in [0, 0.05) is 46.8 Å². The molecule has 1 aliphatic heterocycles. The van der Waals surface area contributed by atoms with Crippen LogP contribution in [0, 0.1) is 0 Å². The van der Waals surface area contributed by atoms with Crippen LogP contribution in [-0.2, 0) is 22.3 Å². The molecule has 51 heavy (non-hydrogen) atoms. The monoisotopic (exact) mass is 718 g/mol. The van der Waals surface area contributed by atoms with Gasteiger partial charge in [-0.1, -0.05) is 6.07 Å². The molecule has 0 bridgehead atoms. The van der Waals surface area contributed by atoms with Crippen molar-refractivity contribution in [1.29, 1.82) is 0 Å². The quantitative estimate of drug-likeness (QED) is 0.0541. The molecule has 0 radical (unpaired) electrons. The SMILES string of the molecule is O=C(NCC(O)C[n+]1cc(CC(O)(C(=O)O)P(=O)(O)O)n2ccccc21)c1ccc(C(=O)O)c(-c2c3ccc(=O)cc-3oc3cc(O)ccc23)c1. The van der Waals surface area contributed by atoms with Crippen molar-refractivity contribution < 1.29 is 63.3 Å². The number of benzene rings is 3. The van der Waals surface area contributed by atoms with Gasteiger partial charge in [0.15, 0.2) is 11.1 Å². The molecule has 2 aromatic heterocycles. The Morgan fingerprint density at radius 2 is 1.75 bits per heavy atom. The molecule has 4 aromatic rings. The van der Waals surface area contributed by atoms with Crippen LogP contribution in [0.2, 0.25) is 0 Å². The second kappa shape index (κ2) is 13.1. The number of aliphatic hydroxyl groups excluding tert-OH is 1. The summed E-state index contributed by atoms with van der Waals surface area (Å²) in [5.74, 6) is -4.10. The van der Waals surface area contributed by atoms with Crippen LogP contribution in [0.3, 0.4) is 0 Å². The molecule has 2 atom stereocenters. The number of aromatic carboxylic acids is 1. The summed E-state index contributed by atoms with van der Waals surface area (Å²) in [6, 6.07) is 16.9. The molecular formula is C34H29N3O13P+. The predicted octanol–water partition coefficient (Wildman–Crippen LogP) is 1.79. The number of amides is 1.